The van der Waals surface area contributed by atoms with E-state index in [2.05, 4.69) is 34.6 Å². The summed E-state index contributed by atoms with van der Waals surface area (Å²) in [5.74, 6) is 1.36. The maximum Gasteiger partial charge on any atom is 0.227 e. The number of carbonyl (C=O) groups is 1. The van der Waals surface area contributed by atoms with Gasteiger partial charge < -0.3 is 15.5 Å². The maximum atomic E-state index is 12.4. The third kappa shape index (κ3) is 6.66. The van der Waals surface area contributed by atoms with E-state index in [0.29, 0.717) is 6.54 Å². The van der Waals surface area contributed by atoms with Crippen molar-refractivity contribution in [2.24, 2.45) is 10.9 Å². The normalized spacial score (nSPS) is 18.1. The Morgan fingerprint density at radius 2 is 1.89 bits per heavy atom. The maximum absolute atomic E-state index is 12.4. The molecule has 150 valence electrons. The molecule has 1 aliphatic carbocycles. The van der Waals surface area contributed by atoms with Crippen LogP contribution in [0.5, 0.6) is 0 Å². The number of likely N-dealkylation sites (tertiary alicyclic amines) is 1. The highest BCUT2D eigenvalue weighted by molar-refractivity contribution is 14.0. The molecule has 0 radical (unpaired) electrons. The number of amides is 1. The molecule has 5 nitrogen and oxygen atoms in total. The van der Waals surface area contributed by atoms with Gasteiger partial charge in [0, 0.05) is 31.2 Å². The van der Waals surface area contributed by atoms with Gasteiger partial charge in [0.2, 0.25) is 5.91 Å². The minimum Gasteiger partial charge on any atom is -0.357 e. The van der Waals surface area contributed by atoms with E-state index in [-0.39, 0.29) is 35.8 Å². The Morgan fingerprint density at radius 1 is 1.15 bits per heavy atom. The Balaban J connectivity index is 0.00000261. The summed E-state index contributed by atoms with van der Waals surface area (Å²) >= 11 is 0. The third-order valence-electron chi connectivity index (χ3n) is 5.32. The minimum absolute atomic E-state index is 0. The lowest BCUT2D eigenvalue weighted by Gasteiger charge is -2.21. The van der Waals surface area contributed by atoms with Gasteiger partial charge in [-0.05, 0) is 50.3 Å². The molecule has 1 aromatic rings. The summed E-state index contributed by atoms with van der Waals surface area (Å²) in [7, 11) is 0. The van der Waals surface area contributed by atoms with Gasteiger partial charge in [-0.25, -0.2) is 4.99 Å². The zero-order chi connectivity index (χ0) is 18.2. The molecule has 2 N–H and O–H groups in total. The molecule has 1 heterocycles. The highest BCUT2D eigenvalue weighted by Crippen LogP contribution is 2.25. The average Bonchev–Trinajstić information content (AvgIpc) is 3.21. The zero-order valence-electron chi connectivity index (χ0n) is 16.4. The van der Waals surface area contributed by atoms with E-state index in [4.69, 9.17) is 4.99 Å². The van der Waals surface area contributed by atoms with Gasteiger partial charge in [0.1, 0.15) is 0 Å². The molecular formula is C21H33IN4O. The Labute approximate surface area is 180 Å². The summed E-state index contributed by atoms with van der Waals surface area (Å²) in [6.07, 6.45) is 8.16. The quantitative estimate of drug-likeness (QED) is 0.371. The standard InChI is InChI=1S/C21H32N4O.HI/c1-2-22-21(25-13-6-7-14-25)23-16-17-9-8-12-19(15-17)24-20(26)18-10-4-3-5-11-18;/h8-9,12,15,18H,2-7,10-11,13-14,16H2,1H3,(H,22,23)(H,24,26);1H. The van der Waals surface area contributed by atoms with Gasteiger partial charge in [0.25, 0.3) is 0 Å². The fraction of sp³-hybridized carbons (Fsp3) is 0.619. The van der Waals surface area contributed by atoms with Crippen LogP contribution in [0.2, 0.25) is 0 Å². The molecule has 1 aromatic carbocycles. The Kier molecular flexibility index (Phi) is 9.38. The summed E-state index contributed by atoms with van der Waals surface area (Å²) in [6, 6.07) is 8.11. The molecule has 0 bridgehead atoms. The van der Waals surface area contributed by atoms with Crippen LogP contribution in [0.4, 0.5) is 5.69 Å². The van der Waals surface area contributed by atoms with Crippen LogP contribution in [0, 0.1) is 5.92 Å². The summed E-state index contributed by atoms with van der Waals surface area (Å²) in [5, 5.41) is 6.50. The van der Waals surface area contributed by atoms with Crippen molar-refractivity contribution in [3.63, 3.8) is 0 Å². The van der Waals surface area contributed by atoms with Gasteiger partial charge in [0.05, 0.1) is 6.54 Å². The van der Waals surface area contributed by atoms with Crippen LogP contribution in [-0.2, 0) is 11.3 Å². The van der Waals surface area contributed by atoms with Crippen molar-refractivity contribution in [3.8, 4) is 0 Å². The minimum atomic E-state index is 0. The van der Waals surface area contributed by atoms with Crippen molar-refractivity contribution < 1.29 is 4.79 Å². The van der Waals surface area contributed by atoms with Crippen LogP contribution in [-0.4, -0.2) is 36.4 Å². The molecule has 1 saturated heterocycles. The number of hydrogen-bond donors (Lipinski definition) is 2. The van der Waals surface area contributed by atoms with Gasteiger partial charge >= 0.3 is 0 Å². The fourth-order valence-corrected chi connectivity index (χ4v) is 3.88. The molecule has 1 aliphatic heterocycles. The van der Waals surface area contributed by atoms with Gasteiger partial charge in [-0.15, -0.1) is 24.0 Å². The first-order chi connectivity index (χ1) is 12.8. The van der Waals surface area contributed by atoms with Gasteiger partial charge in [-0.2, -0.15) is 0 Å². The van der Waals surface area contributed by atoms with E-state index in [0.717, 1.165) is 49.7 Å². The Bertz CT molecular complexity index is 622. The summed E-state index contributed by atoms with van der Waals surface area (Å²) in [5.41, 5.74) is 2.01. The number of rotatable bonds is 5. The fourth-order valence-electron chi connectivity index (χ4n) is 3.88. The van der Waals surface area contributed by atoms with Crippen LogP contribution in [0.3, 0.4) is 0 Å². The van der Waals surface area contributed by atoms with Crippen molar-refractivity contribution in [3.05, 3.63) is 29.8 Å². The summed E-state index contributed by atoms with van der Waals surface area (Å²) in [4.78, 5) is 19.6. The molecule has 3 rings (SSSR count). The largest absolute Gasteiger partial charge is 0.357 e. The van der Waals surface area contributed by atoms with Gasteiger partial charge in [-0.1, -0.05) is 31.4 Å². The van der Waals surface area contributed by atoms with Crippen LogP contribution >= 0.6 is 24.0 Å². The highest BCUT2D eigenvalue weighted by atomic mass is 127. The second-order valence-electron chi connectivity index (χ2n) is 7.39. The topological polar surface area (TPSA) is 56.7 Å². The lowest BCUT2D eigenvalue weighted by Crippen LogP contribution is -2.39. The van der Waals surface area contributed by atoms with E-state index in [1.807, 2.05) is 12.1 Å². The molecule has 0 unspecified atom stereocenters. The number of nitrogens with one attached hydrogen (secondary N) is 2. The molecule has 27 heavy (non-hydrogen) atoms. The van der Waals surface area contributed by atoms with Crippen LogP contribution in [0.25, 0.3) is 0 Å². The number of halogens is 1. The second kappa shape index (κ2) is 11.5. The first-order valence-electron chi connectivity index (χ1n) is 10.2. The lowest BCUT2D eigenvalue weighted by atomic mass is 9.88. The molecular weight excluding hydrogens is 451 g/mol. The van der Waals surface area contributed by atoms with E-state index in [1.165, 1.54) is 32.1 Å². The van der Waals surface area contributed by atoms with E-state index in [9.17, 15) is 4.79 Å². The van der Waals surface area contributed by atoms with Crippen molar-refractivity contribution in [2.45, 2.75) is 58.4 Å². The average molecular weight is 484 g/mol. The number of hydrogen-bond acceptors (Lipinski definition) is 2. The molecule has 0 spiro atoms. The van der Waals surface area contributed by atoms with Gasteiger partial charge in [-0.3, -0.25) is 4.79 Å². The second-order valence-corrected chi connectivity index (χ2v) is 7.39. The van der Waals surface area contributed by atoms with Crippen molar-refractivity contribution in [1.82, 2.24) is 10.2 Å². The number of aliphatic imine (C=N–C) groups is 1. The van der Waals surface area contributed by atoms with Gasteiger partial charge in [0.15, 0.2) is 5.96 Å². The Morgan fingerprint density at radius 3 is 2.59 bits per heavy atom. The SMILES string of the molecule is CCNC(=NCc1cccc(NC(=O)C2CCCCC2)c1)N1CCCC1.I. The first kappa shape index (κ1) is 22.0. The van der Waals surface area contributed by atoms with E-state index >= 15 is 0 Å². The molecule has 2 fully saturated rings. The molecule has 1 amide bonds. The molecule has 2 aliphatic rings. The molecule has 1 saturated carbocycles. The molecule has 0 atom stereocenters. The molecule has 6 heteroatoms. The van der Waals surface area contributed by atoms with E-state index in [1.54, 1.807) is 0 Å². The smallest absolute Gasteiger partial charge is 0.227 e. The molecule has 0 aromatic heterocycles. The van der Waals surface area contributed by atoms with Crippen molar-refractivity contribution in [2.75, 3.05) is 25.0 Å². The Hall–Kier alpha value is -1.31. The van der Waals surface area contributed by atoms with Crippen molar-refractivity contribution >= 4 is 41.5 Å². The van der Waals surface area contributed by atoms with Crippen LogP contribution in [0.1, 0.15) is 57.4 Å². The number of benzene rings is 1. The van der Waals surface area contributed by atoms with Crippen LogP contribution in [0.15, 0.2) is 29.3 Å². The zero-order valence-corrected chi connectivity index (χ0v) is 18.7. The first-order valence-corrected chi connectivity index (χ1v) is 10.2. The number of guanidine groups is 1. The third-order valence-corrected chi connectivity index (χ3v) is 5.32. The summed E-state index contributed by atoms with van der Waals surface area (Å²) in [6.45, 7) is 5.79. The van der Waals surface area contributed by atoms with E-state index < -0.39 is 0 Å². The highest BCUT2D eigenvalue weighted by Gasteiger charge is 2.21. The number of carbonyl (C=O) groups excluding carboxylic acids is 1. The van der Waals surface area contributed by atoms with Crippen molar-refractivity contribution in [1.29, 1.82) is 0 Å². The monoisotopic (exact) mass is 484 g/mol. The number of nitrogens with zero attached hydrogens (tertiary/aromatic N) is 2. The lowest BCUT2D eigenvalue weighted by molar-refractivity contribution is -0.120. The van der Waals surface area contributed by atoms with Crippen LogP contribution < -0.4 is 10.6 Å². The predicted octanol–water partition coefficient (Wildman–Crippen LogP) is 4.38. The number of anilines is 1. The predicted molar refractivity (Wildman–Crippen MR) is 123 cm³/mol. The summed E-state index contributed by atoms with van der Waals surface area (Å²) < 4.78 is 0.